The zero-order valence-electron chi connectivity index (χ0n) is 6.66. The Kier molecular flexibility index (Phi) is 1.64. The normalized spacial score (nSPS) is 32.2. The van der Waals surface area contributed by atoms with Gasteiger partial charge in [0.15, 0.2) is 0 Å². The Morgan fingerprint density at radius 3 is 3.17 bits per heavy atom. The van der Waals surface area contributed by atoms with E-state index in [1.165, 1.54) is 0 Å². The maximum atomic E-state index is 10.6. The number of rotatable bonds is 1. The molecule has 1 aliphatic carbocycles. The molecule has 0 aromatic carbocycles. The van der Waals surface area contributed by atoms with Gasteiger partial charge in [0.2, 0.25) is 0 Å². The van der Waals surface area contributed by atoms with Gasteiger partial charge in [-0.25, -0.2) is 4.79 Å². The standard InChI is InChI=1S/C9H11NO2/c11-9(12)8-5-6-3-1-2-4-7(6)10-8/h1-2,4,6,8,10H,3,5H2,(H,11,12). The van der Waals surface area contributed by atoms with Crippen LogP contribution in [0.15, 0.2) is 23.9 Å². The van der Waals surface area contributed by atoms with Crippen molar-refractivity contribution < 1.29 is 9.90 Å². The summed E-state index contributed by atoms with van der Waals surface area (Å²) in [6.45, 7) is 0. The Morgan fingerprint density at radius 2 is 2.50 bits per heavy atom. The highest BCUT2D eigenvalue weighted by Gasteiger charge is 2.32. The van der Waals surface area contributed by atoms with Crippen molar-refractivity contribution in [3.8, 4) is 0 Å². The van der Waals surface area contributed by atoms with E-state index in [0.29, 0.717) is 5.92 Å². The molecule has 0 aromatic rings. The van der Waals surface area contributed by atoms with Crippen molar-refractivity contribution in [2.75, 3.05) is 0 Å². The van der Waals surface area contributed by atoms with Crippen molar-refractivity contribution in [1.82, 2.24) is 5.32 Å². The van der Waals surface area contributed by atoms with Gasteiger partial charge in [0.25, 0.3) is 0 Å². The third-order valence-electron chi connectivity index (χ3n) is 2.43. The van der Waals surface area contributed by atoms with Crippen LogP contribution < -0.4 is 5.32 Å². The number of hydrogen-bond acceptors (Lipinski definition) is 2. The number of aliphatic carboxylic acids is 1. The second-order valence-corrected chi connectivity index (χ2v) is 3.25. The summed E-state index contributed by atoms with van der Waals surface area (Å²) in [6, 6.07) is -0.374. The van der Waals surface area contributed by atoms with E-state index in [4.69, 9.17) is 5.11 Å². The lowest BCUT2D eigenvalue weighted by Gasteiger charge is -2.10. The molecule has 2 rings (SSSR count). The van der Waals surface area contributed by atoms with Crippen molar-refractivity contribution in [2.24, 2.45) is 5.92 Å². The van der Waals surface area contributed by atoms with Gasteiger partial charge in [-0.15, -0.1) is 0 Å². The molecule has 2 N–H and O–H groups in total. The van der Waals surface area contributed by atoms with E-state index < -0.39 is 5.97 Å². The molecular formula is C9H11NO2. The minimum Gasteiger partial charge on any atom is -0.480 e. The first kappa shape index (κ1) is 7.40. The first-order chi connectivity index (χ1) is 5.77. The number of hydrogen-bond donors (Lipinski definition) is 2. The molecule has 1 aliphatic heterocycles. The van der Waals surface area contributed by atoms with Crippen LogP contribution in [0.5, 0.6) is 0 Å². The van der Waals surface area contributed by atoms with Crippen molar-refractivity contribution in [1.29, 1.82) is 0 Å². The summed E-state index contributed by atoms with van der Waals surface area (Å²) < 4.78 is 0. The molecular weight excluding hydrogens is 154 g/mol. The van der Waals surface area contributed by atoms with Crippen LogP contribution in [-0.4, -0.2) is 17.1 Å². The second kappa shape index (κ2) is 2.66. The van der Waals surface area contributed by atoms with Crippen molar-refractivity contribution in [3.05, 3.63) is 23.9 Å². The molecule has 0 radical (unpaired) electrons. The highest BCUT2D eigenvalue weighted by Crippen LogP contribution is 2.29. The first-order valence-corrected chi connectivity index (χ1v) is 4.13. The molecule has 1 fully saturated rings. The van der Waals surface area contributed by atoms with E-state index in [9.17, 15) is 4.79 Å². The van der Waals surface area contributed by atoms with Gasteiger partial charge < -0.3 is 10.4 Å². The topological polar surface area (TPSA) is 49.3 Å². The molecule has 0 aromatic heterocycles. The first-order valence-electron chi connectivity index (χ1n) is 4.13. The fraction of sp³-hybridized carbons (Fsp3) is 0.444. The van der Waals surface area contributed by atoms with Crippen LogP contribution >= 0.6 is 0 Å². The molecule has 0 saturated carbocycles. The van der Waals surface area contributed by atoms with E-state index in [0.717, 1.165) is 18.5 Å². The van der Waals surface area contributed by atoms with Gasteiger partial charge in [-0.3, -0.25) is 0 Å². The lowest BCUT2D eigenvalue weighted by Crippen LogP contribution is -2.29. The molecule has 1 heterocycles. The number of carboxylic acids is 1. The average molecular weight is 165 g/mol. The van der Waals surface area contributed by atoms with E-state index >= 15 is 0 Å². The maximum Gasteiger partial charge on any atom is 0.326 e. The largest absolute Gasteiger partial charge is 0.480 e. The summed E-state index contributed by atoms with van der Waals surface area (Å²) in [5.74, 6) is -0.332. The summed E-state index contributed by atoms with van der Waals surface area (Å²) in [7, 11) is 0. The molecule has 2 aliphatic rings. The maximum absolute atomic E-state index is 10.6. The molecule has 3 heteroatoms. The minimum absolute atomic E-state index is 0.374. The van der Waals surface area contributed by atoms with Gasteiger partial charge in [-0.2, -0.15) is 0 Å². The third-order valence-corrected chi connectivity index (χ3v) is 2.43. The van der Waals surface area contributed by atoms with Gasteiger partial charge in [0.1, 0.15) is 6.04 Å². The smallest absolute Gasteiger partial charge is 0.326 e. The average Bonchev–Trinajstić information content (AvgIpc) is 2.46. The molecule has 3 nitrogen and oxygen atoms in total. The molecule has 0 amide bonds. The van der Waals surface area contributed by atoms with Crippen LogP contribution in [0.25, 0.3) is 0 Å². The summed E-state index contributed by atoms with van der Waals surface area (Å²) in [5.41, 5.74) is 1.09. The molecule has 0 spiro atoms. The number of allylic oxidation sites excluding steroid dienone is 4. The summed E-state index contributed by atoms with van der Waals surface area (Å²) in [4.78, 5) is 10.6. The number of carboxylic acid groups (broad SMARTS) is 1. The van der Waals surface area contributed by atoms with E-state index in [-0.39, 0.29) is 6.04 Å². The SMILES string of the molecule is O=C(O)C1CC2CC=CC=C2N1. The van der Waals surface area contributed by atoms with Crippen molar-refractivity contribution in [3.63, 3.8) is 0 Å². The fourth-order valence-electron chi connectivity index (χ4n) is 1.77. The molecule has 0 bridgehead atoms. The Balaban J connectivity index is 2.12. The molecule has 12 heavy (non-hydrogen) atoms. The minimum atomic E-state index is -0.745. The predicted molar refractivity (Wildman–Crippen MR) is 44.5 cm³/mol. The predicted octanol–water partition coefficient (Wildman–Crippen LogP) is 0.893. The van der Waals surface area contributed by atoms with Gasteiger partial charge >= 0.3 is 5.97 Å². The van der Waals surface area contributed by atoms with Gasteiger partial charge in [-0.1, -0.05) is 12.2 Å². The zero-order valence-corrected chi connectivity index (χ0v) is 6.66. The van der Waals surface area contributed by atoms with Crippen LogP contribution in [-0.2, 0) is 4.79 Å². The highest BCUT2D eigenvalue weighted by molar-refractivity contribution is 5.74. The fourth-order valence-corrected chi connectivity index (χ4v) is 1.77. The highest BCUT2D eigenvalue weighted by atomic mass is 16.4. The lowest BCUT2D eigenvalue weighted by atomic mass is 9.96. The Labute approximate surface area is 70.8 Å². The van der Waals surface area contributed by atoms with Gasteiger partial charge in [-0.05, 0) is 18.9 Å². The van der Waals surface area contributed by atoms with E-state index in [1.807, 2.05) is 12.2 Å². The Hall–Kier alpha value is -1.25. The van der Waals surface area contributed by atoms with E-state index in [1.54, 1.807) is 0 Å². The Morgan fingerprint density at radius 1 is 1.67 bits per heavy atom. The quantitative estimate of drug-likeness (QED) is 0.606. The van der Waals surface area contributed by atoms with Gasteiger partial charge in [0.05, 0.1) is 0 Å². The molecule has 64 valence electrons. The summed E-state index contributed by atoms with van der Waals surface area (Å²) >= 11 is 0. The molecule has 2 unspecified atom stereocenters. The van der Waals surface area contributed by atoms with Gasteiger partial charge in [0, 0.05) is 11.6 Å². The van der Waals surface area contributed by atoms with Crippen LogP contribution in [0, 0.1) is 5.92 Å². The van der Waals surface area contributed by atoms with Crippen molar-refractivity contribution >= 4 is 5.97 Å². The van der Waals surface area contributed by atoms with Crippen molar-refractivity contribution in [2.45, 2.75) is 18.9 Å². The molecule has 1 saturated heterocycles. The monoisotopic (exact) mass is 165 g/mol. The van der Waals surface area contributed by atoms with E-state index in [2.05, 4.69) is 11.4 Å². The number of carbonyl (C=O) groups is 1. The lowest BCUT2D eigenvalue weighted by molar-refractivity contribution is -0.139. The summed E-state index contributed by atoms with van der Waals surface area (Å²) in [6.07, 6.45) is 7.73. The number of nitrogens with one attached hydrogen (secondary N) is 1. The number of fused-ring (bicyclic) bond motifs is 1. The summed E-state index contributed by atoms with van der Waals surface area (Å²) in [5, 5.41) is 11.8. The van der Waals surface area contributed by atoms with Crippen LogP contribution in [0.4, 0.5) is 0 Å². The second-order valence-electron chi connectivity index (χ2n) is 3.25. The third kappa shape index (κ3) is 1.11. The zero-order chi connectivity index (χ0) is 8.55. The van der Waals surface area contributed by atoms with Crippen LogP contribution in [0.1, 0.15) is 12.8 Å². The van der Waals surface area contributed by atoms with Crippen LogP contribution in [0.2, 0.25) is 0 Å². The Bertz CT molecular complexity index is 268. The molecule has 2 atom stereocenters. The van der Waals surface area contributed by atoms with Crippen LogP contribution in [0.3, 0.4) is 0 Å².